The molecule has 96 valence electrons. The van der Waals surface area contributed by atoms with Gasteiger partial charge in [0.2, 0.25) is 10.0 Å². The first kappa shape index (κ1) is 14.1. The maximum Gasteiger partial charge on any atom is 0.240 e. The van der Waals surface area contributed by atoms with Crippen LogP contribution < -0.4 is 4.72 Å². The van der Waals surface area contributed by atoms with E-state index in [1.807, 2.05) is 6.07 Å². The lowest BCUT2D eigenvalue weighted by Gasteiger charge is -2.12. The Morgan fingerprint density at radius 2 is 2.00 bits per heavy atom. The van der Waals surface area contributed by atoms with Crippen molar-refractivity contribution in [2.75, 3.05) is 13.2 Å². The topological polar surface area (TPSA) is 86.6 Å². The molecule has 0 bridgehead atoms. The van der Waals surface area contributed by atoms with Crippen LogP contribution in [0.5, 0.6) is 0 Å². The third-order valence-corrected chi connectivity index (χ3v) is 3.92. The third-order valence-electron chi connectivity index (χ3n) is 2.35. The van der Waals surface area contributed by atoms with Crippen LogP contribution in [0.2, 0.25) is 0 Å². The second kappa shape index (κ2) is 5.59. The zero-order chi connectivity index (χ0) is 13.1. The van der Waals surface area contributed by atoms with Crippen molar-refractivity contribution in [3.8, 4) is 0 Å². The summed E-state index contributed by atoms with van der Waals surface area (Å²) in [5, 5.41) is 17.7. The van der Waals surface area contributed by atoms with Crippen LogP contribution in [0.3, 0.4) is 0 Å². The quantitative estimate of drug-likeness (QED) is 0.691. The first-order valence-electron chi connectivity index (χ1n) is 5.22. The van der Waals surface area contributed by atoms with E-state index in [0.717, 1.165) is 5.56 Å². The van der Waals surface area contributed by atoms with E-state index in [0.29, 0.717) is 5.56 Å². The average molecular weight is 259 g/mol. The zero-order valence-electron chi connectivity index (χ0n) is 9.84. The van der Waals surface area contributed by atoms with Crippen LogP contribution in [0.15, 0.2) is 23.1 Å². The number of aryl methyl sites for hydroxylation is 2. The summed E-state index contributed by atoms with van der Waals surface area (Å²) in [4.78, 5) is 0.197. The van der Waals surface area contributed by atoms with Gasteiger partial charge in [-0.05, 0) is 31.0 Å². The fourth-order valence-corrected chi connectivity index (χ4v) is 2.75. The van der Waals surface area contributed by atoms with Gasteiger partial charge < -0.3 is 10.2 Å². The van der Waals surface area contributed by atoms with E-state index < -0.39 is 22.7 Å². The molecule has 1 unspecified atom stereocenters. The number of aliphatic hydroxyl groups excluding tert-OH is 2. The number of hydrogen-bond acceptors (Lipinski definition) is 4. The number of nitrogens with one attached hydrogen (secondary N) is 1. The van der Waals surface area contributed by atoms with Crippen LogP contribution in [-0.2, 0) is 10.0 Å². The fraction of sp³-hybridized carbons (Fsp3) is 0.455. The molecule has 1 aromatic rings. The van der Waals surface area contributed by atoms with Gasteiger partial charge in [-0.1, -0.05) is 12.1 Å². The molecular formula is C11H17NO4S. The summed E-state index contributed by atoms with van der Waals surface area (Å²) in [6.45, 7) is 2.83. The van der Waals surface area contributed by atoms with Gasteiger partial charge in [0.1, 0.15) is 0 Å². The highest BCUT2D eigenvalue weighted by atomic mass is 32.2. The molecule has 3 N–H and O–H groups in total. The van der Waals surface area contributed by atoms with E-state index in [-0.39, 0.29) is 11.4 Å². The van der Waals surface area contributed by atoms with Gasteiger partial charge >= 0.3 is 0 Å². The molecule has 0 heterocycles. The van der Waals surface area contributed by atoms with Crippen molar-refractivity contribution in [2.45, 2.75) is 24.8 Å². The Hall–Kier alpha value is -0.950. The molecule has 0 spiro atoms. The Kier molecular flexibility index (Phi) is 4.64. The lowest BCUT2D eigenvalue weighted by atomic mass is 10.2. The van der Waals surface area contributed by atoms with Gasteiger partial charge in [0, 0.05) is 6.54 Å². The zero-order valence-corrected chi connectivity index (χ0v) is 10.7. The minimum Gasteiger partial charge on any atom is -0.394 e. The highest BCUT2D eigenvalue weighted by Gasteiger charge is 2.17. The minimum atomic E-state index is -3.64. The molecule has 6 heteroatoms. The lowest BCUT2D eigenvalue weighted by Crippen LogP contribution is -2.34. The molecule has 1 aromatic carbocycles. The van der Waals surface area contributed by atoms with E-state index >= 15 is 0 Å². The van der Waals surface area contributed by atoms with Crippen LogP contribution in [0.1, 0.15) is 11.1 Å². The molecule has 0 aromatic heterocycles. The van der Waals surface area contributed by atoms with Crippen LogP contribution in [0.4, 0.5) is 0 Å². The molecule has 1 atom stereocenters. The monoisotopic (exact) mass is 259 g/mol. The Bertz CT molecular complexity index is 484. The van der Waals surface area contributed by atoms with E-state index in [2.05, 4.69) is 4.72 Å². The Morgan fingerprint density at radius 1 is 1.35 bits per heavy atom. The Balaban J connectivity index is 2.93. The third kappa shape index (κ3) is 3.78. The lowest BCUT2D eigenvalue weighted by molar-refractivity contribution is 0.0988. The van der Waals surface area contributed by atoms with Gasteiger partial charge in [-0.15, -0.1) is 0 Å². The van der Waals surface area contributed by atoms with E-state index in [4.69, 9.17) is 10.2 Å². The van der Waals surface area contributed by atoms with Gasteiger partial charge in [-0.25, -0.2) is 13.1 Å². The predicted octanol–water partition coefficient (Wildman–Crippen LogP) is -0.0651. The van der Waals surface area contributed by atoms with Gasteiger partial charge in [0.15, 0.2) is 0 Å². The van der Waals surface area contributed by atoms with Crippen LogP contribution in [0.25, 0.3) is 0 Å². The SMILES string of the molecule is Cc1ccc(C)c(S(=O)(=O)NCC(O)CO)c1. The second-order valence-corrected chi connectivity index (χ2v) is 5.69. The van der Waals surface area contributed by atoms with Gasteiger partial charge in [0.05, 0.1) is 17.6 Å². The number of sulfonamides is 1. The van der Waals surface area contributed by atoms with Crippen molar-refractivity contribution in [1.82, 2.24) is 4.72 Å². The molecular weight excluding hydrogens is 242 g/mol. The number of benzene rings is 1. The molecule has 0 amide bonds. The fourth-order valence-electron chi connectivity index (χ4n) is 1.35. The molecule has 0 radical (unpaired) electrons. The summed E-state index contributed by atoms with van der Waals surface area (Å²) >= 11 is 0. The van der Waals surface area contributed by atoms with Gasteiger partial charge in [0.25, 0.3) is 0 Å². The molecule has 0 saturated heterocycles. The molecule has 0 fully saturated rings. The molecule has 1 rings (SSSR count). The highest BCUT2D eigenvalue weighted by Crippen LogP contribution is 2.16. The van der Waals surface area contributed by atoms with Crippen LogP contribution in [0, 0.1) is 13.8 Å². The average Bonchev–Trinajstić information content (AvgIpc) is 2.29. The maximum absolute atomic E-state index is 11.9. The second-order valence-electron chi connectivity index (χ2n) is 3.96. The summed E-state index contributed by atoms with van der Waals surface area (Å²) in [6, 6.07) is 5.13. The summed E-state index contributed by atoms with van der Waals surface area (Å²) in [6.07, 6.45) is -1.09. The molecule has 0 aliphatic heterocycles. The molecule has 17 heavy (non-hydrogen) atoms. The van der Waals surface area contributed by atoms with E-state index in [1.54, 1.807) is 26.0 Å². The highest BCUT2D eigenvalue weighted by molar-refractivity contribution is 7.89. The van der Waals surface area contributed by atoms with E-state index in [9.17, 15) is 8.42 Å². The van der Waals surface area contributed by atoms with E-state index in [1.165, 1.54) is 0 Å². The standard InChI is InChI=1S/C11H17NO4S/c1-8-3-4-9(2)11(5-8)17(15,16)12-6-10(14)7-13/h3-5,10,12-14H,6-7H2,1-2H3. The number of rotatable bonds is 5. The van der Waals surface area contributed by atoms with Crippen molar-refractivity contribution in [2.24, 2.45) is 0 Å². The first-order valence-corrected chi connectivity index (χ1v) is 6.71. The summed E-state index contributed by atoms with van der Waals surface area (Å²) in [7, 11) is -3.64. The smallest absolute Gasteiger partial charge is 0.240 e. The predicted molar refractivity (Wildman–Crippen MR) is 64.2 cm³/mol. The van der Waals surface area contributed by atoms with Crippen molar-refractivity contribution in [3.63, 3.8) is 0 Å². The van der Waals surface area contributed by atoms with Crippen LogP contribution >= 0.6 is 0 Å². The summed E-state index contributed by atoms with van der Waals surface area (Å²) < 4.78 is 26.1. The van der Waals surface area contributed by atoms with Crippen LogP contribution in [-0.4, -0.2) is 37.9 Å². The Labute approximate surface area is 101 Å². The maximum atomic E-state index is 11.9. The van der Waals surface area contributed by atoms with Gasteiger partial charge in [-0.2, -0.15) is 0 Å². The summed E-state index contributed by atoms with van der Waals surface area (Å²) in [5.74, 6) is 0. The molecule has 0 saturated carbocycles. The molecule has 5 nitrogen and oxygen atoms in total. The van der Waals surface area contributed by atoms with Gasteiger partial charge in [-0.3, -0.25) is 0 Å². The minimum absolute atomic E-state index is 0.197. The largest absolute Gasteiger partial charge is 0.394 e. The first-order chi connectivity index (χ1) is 7.86. The molecule has 0 aliphatic carbocycles. The summed E-state index contributed by atoms with van der Waals surface area (Å²) in [5.41, 5.74) is 1.49. The van der Waals surface area contributed by atoms with Crippen molar-refractivity contribution in [1.29, 1.82) is 0 Å². The Morgan fingerprint density at radius 3 is 2.59 bits per heavy atom. The normalized spacial score (nSPS) is 13.6. The van der Waals surface area contributed by atoms with Crippen molar-refractivity contribution < 1.29 is 18.6 Å². The van der Waals surface area contributed by atoms with Crippen molar-refractivity contribution >= 4 is 10.0 Å². The number of aliphatic hydroxyl groups is 2. The molecule has 0 aliphatic rings. The number of hydrogen-bond donors (Lipinski definition) is 3. The van der Waals surface area contributed by atoms with Crippen molar-refractivity contribution in [3.05, 3.63) is 29.3 Å².